The molecule has 33 heavy (non-hydrogen) atoms. The molecule has 2 aliphatic carbocycles. The summed E-state index contributed by atoms with van der Waals surface area (Å²) >= 11 is 0. The molecular formula is C25H30N6O2. The lowest BCUT2D eigenvalue weighted by molar-refractivity contribution is -0.0739. The van der Waals surface area contributed by atoms with E-state index in [1.54, 1.807) is 0 Å². The number of aromatic nitrogens is 5. The van der Waals surface area contributed by atoms with Gasteiger partial charge in [0.05, 0.1) is 6.04 Å². The Hall–Kier alpha value is -3.03. The van der Waals surface area contributed by atoms with Gasteiger partial charge in [0, 0.05) is 42.0 Å². The zero-order valence-electron chi connectivity index (χ0n) is 19.5. The number of carbonyl (C=O) groups excluding carboxylic acids is 1. The van der Waals surface area contributed by atoms with Crippen molar-refractivity contribution in [3.63, 3.8) is 0 Å². The summed E-state index contributed by atoms with van der Waals surface area (Å²) in [6.07, 6.45) is 7.24. The molecule has 1 aromatic carbocycles. The standard InChI is InChI=1S/C25H30N6O2/c1-24(2,3)12-20-27-22(29-33-20)17-6-8-18(9-7-17)23(32)30-13-25(14-30)10-19(11-25)31-15-26-21(28-31)16-4-5-16/h6-9,15-16,19H,4-5,10-14H2,1-3H3. The van der Waals surface area contributed by atoms with Gasteiger partial charge in [-0.3, -0.25) is 4.79 Å². The zero-order valence-corrected chi connectivity index (χ0v) is 19.5. The highest BCUT2D eigenvalue weighted by Gasteiger charge is 2.54. The Balaban J connectivity index is 1.04. The molecule has 6 rings (SSSR count). The third-order valence-corrected chi connectivity index (χ3v) is 7.06. The van der Waals surface area contributed by atoms with Crippen LogP contribution in [0.2, 0.25) is 0 Å². The quantitative estimate of drug-likeness (QED) is 0.581. The van der Waals surface area contributed by atoms with Crippen LogP contribution >= 0.6 is 0 Å². The lowest BCUT2D eigenvalue weighted by Gasteiger charge is -2.58. The number of amides is 1. The normalized spacial score (nSPS) is 20.0. The van der Waals surface area contributed by atoms with Crippen molar-refractivity contribution in [3.8, 4) is 11.4 Å². The summed E-state index contributed by atoms with van der Waals surface area (Å²) in [4.78, 5) is 23.9. The summed E-state index contributed by atoms with van der Waals surface area (Å²) in [7, 11) is 0. The van der Waals surface area contributed by atoms with Gasteiger partial charge >= 0.3 is 0 Å². The number of benzene rings is 1. The van der Waals surface area contributed by atoms with E-state index >= 15 is 0 Å². The molecule has 2 saturated carbocycles. The van der Waals surface area contributed by atoms with Crippen molar-refractivity contribution in [2.24, 2.45) is 10.8 Å². The predicted octanol–water partition coefficient (Wildman–Crippen LogP) is 4.27. The Labute approximate surface area is 193 Å². The van der Waals surface area contributed by atoms with E-state index in [9.17, 15) is 4.79 Å². The monoisotopic (exact) mass is 446 g/mol. The summed E-state index contributed by atoms with van der Waals surface area (Å²) in [5.74, 6) is 2.89. The molecule has 0 N–H and O–H groups in total. The molecule has 1 spiro atoms. The van der Waals surface area contributed by atoms with E-state index in [-0.39, 0.29) is 16.7 Å². The van der Waals surface area contributed by atoms with Crippen LogP contribution in [-0.4, -0.2) is 48.8 Å². The molecule has 3 aromatic rings. The minimum Gasteiger partial charge on any atom is -0.339 e. The van der Waals surface area contributed by atoms with Crippen LogP contribution in [0.1, 0.15) is 80.5 Å². The second-order valence-electron chi connectivity index (χ2n) is 11.4. The third kappa shape index (κ3) is 3.96. The number of nitrogens with zero attached hydrogens (tertiary/aromatic N) is 6. The average molecular weight is 447 g/mol. The second-order valence-corrected chi connectivity index (χ2v) is 11.4. The third-order valence-electron chi connectivity index (χ3n) is 7.06. The first-order valence-electron chi connectivity index (χ1n) is 11.9. The van der Waals surface area contributed by atoms with Crippen LogP contribution in [0.25, 0.3) is 11.4 Å². The molecule has 172 valence electrons. The maximum absolute atomic E-state index is 12.9. The fourth-order valence-corrected chi connectivity index (χ4v) is 5.13. The van der Waals surface area contributed by atoms with Crippen LogP contribution in [0.4, 0.5) is 0 Å². The Bertz CT molecular complexity index is 1170. The molecule has 2 aromatic heterocycles. The van der Waals surface area contributed by atoms with Crippen LogP contribution < -0.4 is 0 Å². The lowest BCUT2D eigenvalue weighted by Crippen LogP contribution is -2.63. The minimum atomic E-state index is 0.0872. The van der Waals surface area contributed by atoms with Crippen LogP contribution in [0.5, 0.6) is 0 Å². The molecule has 0 bridgehead atoms. The van der Waals surface area contributed by atoms with E-state index in [2.05, 4.69) is 41.0 Å². The molecule has 8 heteroatoms. The molecule has 3 aliphatic rings. The van der Waals surface area contributed by atoms with E-state index in [1.165, 1.54) is 12.8 Å². The predicted molar refractivity (Wildman–Crippen MR) is 121 cm³/mol. The highest BCUT2D eigenvalue weighted by Crippen LogP contribution is 2.54. The Morgan fingerprint density at radius 2 is 1.88 bits per heavy atom. The SMILES string of the molecule is CC(C)(C)Cc1nc(-c2ccc(C(=O)N3CC4(CC(n5cnc(C6CC6)n5)C4)C3)cc2)no1. The summed E-state index contributed by atoms with van der Waals surface area (Å²) in [6.45, 7) is 8.08. The van der Waals surface area contributed by atoms with Gasteiger partial charge in [-0.2, -0.15) is 10.1 Å². The Morgan fingerprint density at radius 1 is 1.15 bits per heavy atom. The molecule has 0 unspecified atom stereocenters. The highest BCUT2D eigenvalue weighted by molar-refractivity contribution is 5.95. The highest BCUT2D eigenvalue weighted by atomic mass is 16.5. The number of likely N-dealkylation sites (tertiary alicyclic amines) is 1. The number of rotatable bonds is 5. The van der Waals surface area contributed by atoms with E-state index in [0.717, 1.165) is 43.7 Å². The van der Waals surface area contributed by atoms with Gasteiger partial charge in [0.15, 0.2) is 5.82 Å². The first kappa shape index (κ1) is 20.6. The fourth-order valence-electron chi connectivity index (χ4n) is 5.13. The van der Waals surface area contributed by atoms with Gasteiger partial charge in [0.25, 0.3) is 5.91 Å². The average Bonchev–Trinajstić information content (AvgIpc) is 3.27. The van der Waals surface area contributed by atoms with Gasteiger partial charge in [-0.15, -0.1) is 0 Å². The van der Waals surface area contributed by atoms with E-state index in [1.807, 2.05) is 40.2 Å². The van der Waals surface area contributed by atoms with Gasteiger partial charge in [0.1, 0.15) is 6.33 Å². The summed E-state index contributed by atoms with van der Waals surface area (Å²) in [6, 6.07) is 7.95. The molecule has 8 nitrogen and oxygen atoms in total. The van der Waals surface area contributed by atoms with Gasteiger partial charge < -0.3 is 9.42 Å². The molecular weight excluding hydrogens is 416 g/mol. The van der Waals surface area contributed by atoms with Gasteiger partial charge in [-0.1, -0.05) is 38.1 Å². The van der Waals surface area contributed by atoms with Crippen LogP contribution in [0.3, 0.4) is 0 Å². The van der Waals surface area contributed by atoms with Crippen molar-refractivity contribution in [1.29, 1.82) is 0 Å². The molecule has 0 radical (unpaired) electrons. The maximum Gasteiger partial charge on any atom is 0.253 e. The number of carbonyl (C=O) groups is 1. The van der Waals surface area contributed by atoms with Crippen LogP contribution in [-0.2, 0) is 6.42 Å². The molecule has 0 atom stereocenters. The summed E-state index contributed by atoms with van der Waals surface area (Å²) in [5, 5.41) is 8.78. The van der Waals surface area contributed by atoms with E-state index < -0.39 is 0 Å². The molecule has 1 saturated heterocycles. The van der Waals surface area contributed by atoms with Gasteiger partial charge in [-0.25, -0.2) is 9.67 Å². The molecule has 1 aliphatic heterocycles. The van der Waals surface area contributed by atoms with E-state index in [0.29, 0.717) is 29.2 Å². The van der Waals surface area contributed by atoms with Crippen molar-refractivity contribution in [3.05, 3.63) is 47.9 Å². The zero-order chi connectivity index (χ0) is 22.8. The Kier molecular flexibility index (Phi) is 4.51. The second kappa shape index (κ2) is 7.23. The van der Waals surface area contributed by atoms with Crippen LogP contribution in [0, 0.1) is 10.8 Å². The van der Waals surface area contributed by atoms with Gasteiger partial charge in [-0.05, 0) is 43.2 Å². The molecule has 3 heterocycles. The smallest absolute Gasteiger partial charge is 0.253 e. The van der Waals surface area contributed by atoms with Crippen molar-refractivity contribution in [1.82, 2.24) is 29.8 Å². The largest absolute Gasteiger partial charge is 0.339 e. The molecule has 3 fully saturated rings. The number of hydrogen-bond donors (Lipinski definition) is 0. The number of hydrogen-bond acceptors (Lipinski definition) is 6. The minimum absolute atomic E-state index is 0.0872. The van der Waals surface area contributed by atoms with Gasteiger partial charge in [0.2, 0.25) is 11.7 Å². The first-order valence-corrected chi connectivity index (χ1v) is 11.9. The summed E-state index contributed by atoms with van der Waals surface area (Å²) in [5.41, 5.74) is 1.91. The first-order chi connectivity index (χ1) is 15.8. The van der Waals surface area contributed by atoms with Crippen molar-refractivity contribution < 1.29 is 9.32 Å². The van der Waals surface area contributed by atoms with E-state index in [4.69, 9.17) is 4.52 Å². The van der Waals surface area contributed by atoms with Crippen molar-refractivity contribution in [2.75, 3.05) is 13.1 Å². The lowest BCUT2D eigenvalue weighted by atomic mass is 9.60. The summed E-state index contributed by atoms with van der Waals surface area (Å²) < 4.78 is 7.44. The maximum atomic E-state index is 12.9. The van der Waals surface area contributed by atoms with Crippen molar-refractivity contribution in [2.45, 2.75) is 64.8 Å². The molecule has 1 amide bonds. The fraction of sp³-hybridized carbons (Fsp3) is 0.560. The Morgan fingerprint density at radius 3 is 2.55 bits per heavy atom. The van der Waals surface area contributed by atoms with Crippen LogP contribution in [0.15, 0.2) is 35.1 Å². The van der Waals surface area contributed by atoms with Crippen molar-refractivity contribution >= 4 is 5.91 Å². The topological polar surface area (TPSA) is 89.9 Å².